The number of carbonyl (C=O) groups is 1. The van der Waals surface area contributed by atoms with Crippen molar-refractivity contribution in [1.29, 1.82) is 0 Å². The van der Waals surface area contributed by atoms with Crippen LogP contribution in [0.1, 0.15) is 45.1 Å². The van der Waals surface area contributed by atoms with Crippen LogP contribution in [0.3, 0.4) is 0 Å². The number of aromatic nitrogens is 4. The molecule has 1 aliphatic rings. The van der Waals surface area contributed by atoms with Crippen LogP contribution in [0.25, 0.3) is 11.4 Å². The fourth-order valence-corrected chi connectivity index (χ4v) is 2.21. The summed E-state index contributed by atoms with van der Waals surface area (Å²) in [6.07, 6.45) is 4.79. The van der Waals surface area contributed by atoms with Crippen LogP contribution in [0.15, 0.2) is 24.3 Å². The fourth-order valence-electron chi connectivity index (χ4n) is 2.21. The van der Waals surface area contributed by atoms with Gasteiger partial charge in [-0.1, -0.05) is 13.3 Å². The van der Waals surface area contributed by atoms with Crippen LogP contribution in [-0.4, -0.2) is 26.1 Å². The van der Waals surface area contributed by atoms with Crippen LogP contribution < -0.4 is 5.32 Å². The van der Waals surface area contributed by atoms with E-state index in [0.717, 1.165) is 42.8 Å². The topological polar surface area (TPSA) is 72.7 Å². The molecule has 1 N–H and O–H groups in total. The summed E-state index contributed by atoms with van der Waals surface area (Å²) in [4.78, 5) is 11.7. The normalized spacial score (nSPS) is 14.1. The molecule has 110 valence electrons. The number of carbonyl (C=O) groups excluding carboxylic acids is 1. The number of nitrogens with one attached hydrogen (secondary N) is 1. The van der Waals surface area contributed by atoms with Gasteiger partial charge in [-0.25, -0.2) is 4.68 Å². The maximum absolute atomic E-state index is 11.7. The number of hydrogen-bond acceptors (Lipinski definition) is 4. The van der Waals surface area contributed by atoms with Gasteiger partial charge >= 0.3 is 0 Å². The highest BCUT2D eigenvalue weighted by Crippen LogP contribution is 2.36. The minimum atomic E-state index is 0.0624. The number of benzene rings is 1. The molecule has 1 amide bonds. The molecule has 1 aromatic heterocycles. The molecule has 1 heterocycles. The van der Waals surface area contributed by atoms with Crippen molar-refractivity contribution in [2.24, 2.45) is 0 Å². The van der Waals surface area contributed by atoms with Gasteiger partial charge in [-0.2, -0.15) is 0 Å². The Bertz CT molecular complexity index is 615. The van der Waals surface area contributed by atoms with Gasteiger partial charge in [0.1, 0.15) is 0 Å². The third-order valence-corrected chi connectivity index (χ3v) is 3.57. The fraction of sp³-hybridized carbons (Fsp3) is 0.467. The number of anilines is 1. The Morgan fingerprint density at radius 3 is 2.76 bits per heavy atom. The van der Waals surface area contributed by atoms with Crippen molar-refractivity contribution in [3.05, 3.63) is 24.3 Å². The lowest BCUT2D eigenvalue weighted by Crippen LogP contribution is -2.10. The number of rotatable bonds is 6. The van der Waals surface area contributed by atoms with Crippen molar-refractivity contribution in [1.82, 2.24) is 20.2 Å². The highest BCUT2D eigenvalue weighted by molar-refractivity contribution is 5.90. The monoisotopic (exact) mass is 285 g/mol. The first-order valence-electron chi connectivity index (χ1n) is 7.46. The summed E-state index contributed by atoms with van der Waals surface area (Å²) in [5.41, 5.74) is 1.78. The van der Waals surface area contributed by atoms with Crippen molar-refractivity contribution >= 4 is 11.6 Å². The van der Waals surface area contributed by atoms with Gasteiger partial charge in [0.2, 0.25) is 5.91 Å². The molecule has 1 fully saturated rings. The molecule has 0 aliphatic heterocycles. The van der Waals surface area contributed by atoms with Crippen molar-refractivity contribution in [2.75, 3.05) is 5.32 Å². The van der Waals surface area contributed by atoms with E-state index in [4.69, 9.17) is 0 Å². The summed E-state index contributed by atoms with van der Waals surface area (Å²) >= 11 is 0. The summed E-state index contributed by atoms with van der Waals surface area (Å²) in [5.74, 6) is 0.855. The Labute approximate surface area is 123 Å². The second kappa shape index (κ2) is 6.03. The Kier molecular flexibility index (Phi) is 3.94. The molecule has 1 aliphatic carbocycles. The lowest BCUT2D eigenvalue weighted by molar-refractivity contribution is -0.116. The molecule has 0 spiro atoms. The second-order valence-electron chi connectivity index (χ2n) is 5.41. The van der Waals surface area contributed by atoms with Gasteiger partial charge < -0.3 is 5.32 Å². The Balaban J connectivity index is 1.69. The van der Waals surface area contributed by atoms with Crippen molar-refractivity contribution in [2.45, 2.75) is 45.1 Å². The summed E-state index contributed by atoms with van der Waals surface area (Å²) in [6, 6.07) is 8.12. The van der Waals surface area contributed by atoms with Gasteiger partial charge in [0.05, 0.1) is 6.04 Å². The van der Waals surface area contributed by atoms with E-state index in [-0.39, 0.29) is 5.91 Å². The van der Waals surface area contributed by atoms with Crippen LogP contribution in [0, 0.1) is 0 Å². The summed E-state index contributed by atoms with van der Waals surface area (Å²) in [6.45, 7) is 2.08. The lowest BCUT2D eigenvalue weighted by atomic mass is 10.2. The molecule has 1 aromatic carbocycles. The van der Waals surface area contributed by atoms with Crippen LogP contribution >= 0.6 is 0 Å². The third-order valence-electron chi connectivity index (χ3n) is 3.57. The van der Waals surface area contributed by atoms with E-state index >= 15 is 0 Å². The van der Waals surface area contributed by atoms with E-state index in [1.165, 1.54) is 0 Å². The van der Waals surface area contributed by atoms with Gasteiger partial charge in [0, 0.05) is 17.7 Å². The third kappa shape index (κ3) is 3.26. The second-order valence-corrected chi connectivity index (χ2v) is 5.41. The van der Waals surface area contributed by atoms with Gasteiger partial charge in [0.25, 0.3) is 0 Å². The average Bonchev–Trinajstić information content (AvgIpc) is 3.23. The lowest BCUT2D eigenvalue weighted by Gasteiger charge is -2.06. The Morgan fingerprint density at radius 1 is 1.33 bits per heavy atom. The predicted octanol–water partition coefficient (Wildman–Crippen LogP) is 2.80. The van der Waals surface area contributed by atoms with E-state index < -0.39 is 0 Å². The highest BCUT2D eigenvalue weighted by atomic mass is 16.1. The van der Waals surface area contributed by atoms with Crippen LogP contribution in [-0.2, 0) is 4.79 Å². The molecule has 0 radical (unpaired) electrons. The van der Waals surface area contributed by atoms with Crippen molar-refractivity contribution < 1.29 is 4.79 Å². The van der Waals surface area contributed by atoms with Gasteiger partial charge in [0.15, 0.2) is 5.82 Å². The predicted molar refractivity (Wildman–Crippen MR) is 79.7 cm³/mol. The molecule has 21 heavy (non-hydrogen) atoms. The smallest absolute Gasteiger partial charge is 0.224 e. The molecule has 1 saturated carbocycles. The quantitative estimate of drug-likeness (QED) is 0.885. The molecule has 3 rings (SSSR count). The van der Waals surface area contributed by atoms with Crippen molar-refractivity contribution in [3.8, 4) is 11.4 Å². The maximum atomic E-state index is 11.7. The Morgan fingerprint density at radius 2 is 2.10 bits per heavy atom. The number of amides is 1. The first kappa shape index (κ1) is 13.7. The first-order chi connectivity index (χ1) is 10.3. The largest absolute Gasteiger partial charge is 0.326 e. The summed E-state index contributed by atoms with van der Waals surface area (Å²) in [7, 11) is 0. The molecule has 0 bridgehead atoms. The maximum Gasteiger partial charge on any atom is 0.224 e. The molecule has 6 nitrogen and oxygen atoms in total. The summed E-state index contributed by atoms with van der Waals surface area (Å²) in [5, 5.41) is 14.8. The molecular formula is C15H19N5O. The molecule has 2 aromatic rings. The van der Waals surface area contributed by atoms with E-state index in [2.05, 4.69) is 27.8 Å². The zero-order valence-electron chi connectivity index (χ0n) is 12.1. The molecular weight excluding hydrogens is 266 g/mol. The number of hydrogen-bond donors (Lipinski definition) is 1. The van der Waals surface area contributed by atoms with Crippen LogP contribution in [0.5, 0.6) is 0 Å². The Hall–Kier alpha value is -2.24. The zero-order valence-corrected chi connectivity index (χ0v) is 12.1. The van der Waals surface area contributed by atoms with Gasteiger partial charge in [-0.15, -0.1) is 5.10 Å². The van der Waals surface area contributed by atoms with E-state index in [9.17, 15) is 4.79 Å². The SMILES string of the molecule is CCCCC(=O)Nc1ccc(-c2nnnn2C2CC2)cc1. The summed E-state index contributed by atoms with van der Waals surface area (Å²) < 4.78 is 1.88. The number of tetrazole rings is 1. The zero-order chi connectivity index (χ0) is 14.7. The first-order valence-corrected chi connectivity index (χ1v) is 7.46. The minimum Gasteiger partial charge on any atom is -0.326 e. The van der Waals surface area contributed by atoms with E-state index in [1.807, 2.05) is 28.9 Å². The highest BCUT2D eigenvalue weighted by Gasteiger charge is 2.28. The van der Waals surface area contributed by atoms with Crippen LogP contribution in [0.2, 0.25) is 0 Å². The molecule has 6 heteroatoms. The molecule has 0 atom stereocenters. The van der Waals surface area contributed by atoms with E-state index in [0.29, 0.717) is 12.5 Å². The van der Waals surface area contributed by atoms with E-state index in [1.54, 1.807) is 0 Å². The average molecular weight is 285 g/mol. The van der Waals surface area contributed by atoms with Crippen molar-refractivity contribution in [3.63, 3.8) is 0 Å². The minimum absolute atomic E-state index is 0.0624. The number of unbranched alkanes of at least 4 members (excludes halogenated alkanes) is 1. The number of nitrogens with zero attached hydrogens (tertiary/aromatic N) is 4. The van der Waals surface area contributed by atoms with Crippen LogP contribution in [0.4, 0.5) is 5.69 Å². The standard InChI is InChI=1S/C15H19N5O/c1-2-3-4-14(21)16-12-7-5-11(6-8-12)15-17-18-19-20(15)13-9-10-13/h5-8,13H,2-4,9-10H2,1H3,(H,16,21). The molecule has 0 unspecified atom stereocenters. The van der Waals surface area contributed by atoms with Gasteiger partial charge in [-0.3, -0.25) is 4.79 Å². The van der Waals surface area contributed by atoms with Gasteiger partial charge in [-0.05, 0) is 54.0 Å². The molecule has 0 saturated heterocycles.